The number of aromatic nitrogens is 3. The molecule has 0 amide bonds. The van der Waals surface area contributed by atoms with Gasteiger partial charge in [-0.25, -0.2) is 8.78 Å². The van der Waals surface area contributed by atoms with Crippen LogP contribution in [0, 0.1) is 6.92 Å². The van der Waals surface area contributed by atoms with Crippen molar-refractivity contribution in [2.75, 3.05) is 28.4 Å². The molecule has 0 spiro atoms. The van der Waals surface area contributed by atoms with Crippen molar-refractivity contribution in [3.63, 3.8) is 0 Å². The number of benzene rings is 4. The molecule has 5 aromatic rings. The van der Waals surface area contributed by atoms with E-state index in [0.29, 0.717) is 18.6 Å². The molecule has 0 N–H and O–H groups in total. The number of rotatable bonds is 11. The largest absolute Gasteiger partial charge is 0.416 e. The standard InChI is InChI=1S/C38H31F9N6.C5H6F2.CH3F/c1-5-23-51(25(4)6-2)33-48-34(52(29-15-7-24(3)8-16-29)30-17-9-26(10-18-30)36(39,40)41)50-35(49-33)53(31-19-11-27(12-20-31)37(42,43)44)32-21-13-28(14-22-32)38(45,46)47;1-3-5(7)4(2)6;1-2/h5-22H,1,23H2,2-4H3;3H,1H2,2H3;1H3/b25-6+;5-4-;. The maximum absolute atomic E-state index is 13.6. The van der Waals surface area contributed by atoms with Gasteiger partial charge in [0.25, 0.3) is 0 Å². The summed E-state index contributed by atoms with van der Waals surface area (Å²) in [5.41, 5.74) is -0.608. The van der Waals surface area contributed by atoms with Crippen LogP contribution in [0.1, 0.15) is 43.0 Å². The third-order valence-electron chi connectivity index (χ3n) is 8.56. The summed E-state index contributed by atoms with van der Waals surface area (Å²) in [5.74, 6) is -2.08. The summed E-state index contributed by atoms with van der Waals surface area (Å²) >= 11 is 0. The van der Waals surface area contributed by atoms with Crippen LogP contribution >= 0.6 is 0 Å². The van der Waals surface area contributed by atoms with Crippen molar-refractivity contribution in [2.45, 2.75) is 46.2 Å². The minimum Gasteiger partial charge on any atom is -0.311 e. The molecule has 1 aromatic heterocycles. The summed E-state index contributed by atoms with van der Waals surface area (Å²) in [4.78, 5) is 18.4. The molecule has 5 rings (SSSR count). The van der Waals surface area contributed by atoms with E-state index in [0.717, 1.165) is 79.2 Å². The minimum absolute atomic E-state index is 0.00616. The Balaban J connectivity index is 0.00000103. The lowest BCUT2D eigenvalue weighted by atomic mass is 10.1. The van der Waals surface area contributed by atoms with Crippen LogP contribution in [0.3, 0.4) is 0 Å². The lowest BCUT2D eigenvalue weighted by Gasteiger charge is -2.29. The minimum atomic E-state index is -4.68. The normalized spacial score (nSPS) is 12.2. The quantitative estimate of drug-likeness (QED) is 0.0748. The number of allylic oxidation sites excluding steroid dienone is 5. The first-order chi connectivity index (χ1) is 29.1. The third-order valence-corrected chi connectivity index (χ3v) is 8.56. The highest BCUT2D eigenvalue weighted by molar-refractivity contribution is 5.77. The molecule has 0 saturated carbocycles. The van der Waals surface area contributed by atoms with Crippen molar-refractivity contribution in [3.05, 3.63) is 168 Å². The van der Waals surface area contributed by atoms with Crippen LogP contribution in [0.15, 0.2) is 146 Å². The highest BCUT2D eigenvalue weighted by Gasteiger charge is 2.33. The highest BCUT2D eigenvalue weighted by Crippen LogP contribution is 2.41. The lowest BCUT2D eigenvalue weighted by Crippen LogP contribution is -2.26. The third kappa shape index (κ3) is 13.0. The first-order valence-electron chi connectivity index (χ1n) is 18.1. The molecule has 0 bridgehead atoms. The number of anilines is 7. The molecule has 0 atom stereocenters. The van der Waals surface area contributed by atoms with E-state index in [9.17, 15) is 52.7 Å². The summed E-state index contributed by atoms with van der Waals surface area (Å²) < 4.78 is 155. The smallest absolute Gasteiger partial charge is 0.311 e. The Morgan fingerprint density at radius 1 is 0.548 bits per heavy atom. The van der Waals surface area contributed by atoms with Crippen LogP contribution in [-0.4, -0.2) is 28.7 Å². The Hall–Kier alpha value is -6.59. The zero-order valence-corrected chi connectivity index (χ0v) is 33.8. The summed E-state index contributed by atoms with van der Waals surface area (Å²) in [6.45, 7) is 13.4. The fourth-order valence-electron chi connectivity index (χ4n) is 5.33. The van der Waals surface area contributed by atoms with Crippen molar-refractivity contribution >= 4 is 40.6 Å². The molecule has 4 aromatic carbocycles. The van der Waals surface area contributed by atoms with Crippen molar-refractivity contribution in [2.24, 2.45) is 0 Å². The van der Waals surface area contributed by atoms with E-state index in [-0.39, 0.29) is 41.5 Å². The van der Waals surface area contributed by atoms with E-state index in [2.05, 4.69) is 18.1 Å². The van der Waals surface area contributed by atoms with Crippen LogP contribution in [0.5, 0.6) is 0 Å². The summed E-state index contributed by atoms with van der Waals surface area (Å²) in [6, 6.07) is 18.9. The Morgan fingerprint density at radius 2 is 0.855 bits per heavy atom. The monoisotopic (exact) mass is 880 g/mol. The molecule has 0 radical (unpaired) electrons. The fourth-order valence-corrected chi connectivity index (χ4v) is 5.33. The van der Waals surface area contributed by atoms with Crippen LogP contribution < -0.4 is 14.7 Å². The molecule has 62 heavy (non-hydrogen) atoms. The van der Waals surface area contributed by atoms with Gasteiger partial charge >= 0.3 is 18.5 Å². The van der Waals surface area contributed by atoms with E-state index in [1.54, 1.807) is 55.2 Å². The first kappa shape index (κ1) is 49.8. The van der Waals surface area contributed by atoms with Gasteiger partial charge in [-0.1, -0.05) is 36.4 Å². The van der Waals surface area contributed by atoms with Gasteiger partial charge in [0.2, 0.25) is 17.8 Å². The van der Waals surface area contributed by atoms with Gasteiger partial charge in [0, 0.05) is 35.0 Å². The predicted octanol–water partition coefficient (Wildman–Crippen LogP) is 15.0. The average Bonchev–Trinajstić information content (AvgIpc) is 3.23. The van der Waals surface area contributed by atoms with Crippen molar-refractivity contribution in [3.8, 4) is 0 Å². The molecule has 330 valence electrons. The lowest BCUT2D eigenvalue weighted by molar-refractivity contribution is -0.138. The SMILES string of the molecule is C=C/C(F)=C(\C)F.C=CCN(/C(C)=C/C)c1nc(N(c2ccc(C)cc2)c2ccc(C(F)(F)F)cc2)nc(N(c2ccc(C(F)(F)F)cc2)c2ccc(C(F)(F)F)cc2)n1.CF. The Morgan fingerprint density at radius 3 is 1.10 bits per heavy atom. The van der Waals surface area contributed by atoms with Gasteiger partial charge in [-0.2, -0.15) is 54.5 Å². The fraction of sp³-hybridized carbons (Fsp3) is 0.205. The van der Waals surface area contributed by atoms with Gasteiger partial charge in [0.1, 0.15) is 5.83 Å². The van der Waals surface area contributed by atoms with Gasteiger partial charge in [-0.3, -0.25) is 14.2 Å². The van der Waals surface area contributed by atoms with Gasteiger partial charge in [-0.05, 0) is 119 Å². The molecule has 0 saturated heterocycles. The predicted molar refractivity (Wildman–Crippen MR) is 218 cm³/mol. The number of nitrogens with zero attached hydrogens (tertiary/aromatic N) is 6. The van der Waals surface area contributed by atoms with Crippen LogP contribution in [0.2, 0.25) is 0 Å². The Bertz CT molecular complexity index is 2240. The summed E-state index contributed by atoms with van der Waals surface area (Å²) in [7, 11) is 0.500. The molecule has 0 aliphatic heterocycles. The highest BCUT2D eigenvalue weighted by atomic mass is 19.4. The topological polar surface area (TPSA) is 48.4 Å². The second kappa shape index (κ2) is 21.3. The first-order valence-corrected chi connectivity index (χ1v) is 18.1. The Labute approximate surface area is 350 Å². The van der Waals surface area contributed by atoms with Crippen LogP contribution in [0.4, 0.5) is 93.3 Å². The number of aryl methyl sites for hydroxylation is 1. The van der Waals surface area contributed by atoms with Gasteiger partial charge < -0.3 is 4.90 Å². The van der Waals surface area contributed by atoms with Gasteiger partial charge in [-0.15, -0.1) is 6.58 Å². The molecule has 0 fully saturated rings. The zero-order valence-electron chi connectivity index (χ0n) is 33.8. The van der Waals surface area contributed by atoms with Crippen molar-refractivity contribution in [1.82, 2.24) is 15.0 Å². The maximum Gasteiger partial charge on any atom is 0.416 e. The molecule has 0 aliphatic carbocycles. The average molecular weight is 881 g/mol. The second-order valence-electron chi connectivity index (χ2n) is 12.8. The van der Waals surface area contributed by atoms with Crippen LogP contribution in [0.25, 0.3) is 0 Å². The van der Waals surface area contributed by atoms with E-state index in [1.165, 1.54) is 21.9 Å². The maximum atomic E-state index is 13.6. The van der Waals surface area contributed by atoms with Crippen molar-refractivity contribution in [1.29, 1.82) is 0 Å². The summed E-state index contributed by atoms with van der Waals surface area (Å²) in [6.07, 6.45) is -9.85. The molecule has 0 unspecified atom stereocenters. The molecule has 0 aliphatic rings. The number of alkyl halides is 10. The molecular weight excluding hydrogens is 841 g/mol. The summed E-state index contributed by atoms with van der Waals surface area (Å²) in [5, 5.41) is 0. The number of hydrogen-bond acceptors (Lipinski definition) is 6. The molecular formula is C44H40F12N6. The van der Waals surface area contributed by atoms with Gasteiger partial charge in [0.05, 0.1) is 23.9 Å². The van der Waals surface area contributed by atoms with E-state index < -0.39 is 46.9 Å². The van der Waals surface area contributed by atoms with E-state index >= 15 is 0 Å². The number of hydrogen-bond donors (Lipinski definition) is 0. The number of halogens is 12. The Kier molecular flexibility index (Phi) is 17.1. The van der Waals surface area contributed by atoms with Crippen LogP contribution in [-0.2, 0) is 18.5 Å². The van der Waals surface area contributed by atoms with E-state index in [1.807, 2.05) is 6.92 Å². The van der Waals surface area contributed by atoms with E-state index in [4.69, 9.17) is 9.97 Å². The van der Waals surface area contributed by atoms with Crippen molar-refractivity contribution < 1.29 is 52.7 Å². The second-order valence-corrected chi connectivity index (χ2v) is 12.8. The molecule has 1 heterocycles. The van der Waals surface area contributed by atoms with Gasteiger partial charge in [0.15, 0.2) is 5.83 Å². The molecule has 6 nitrogen and oxygen atoms in total. The molecule has 18 heteroatoms. The zero-order chi connectivity index (χ0) is 46.6.